The largest absolute Gasteiger partial charge is 0.310 e. The van der Waals surface area contributed by atoms with E-state index >= 15 is 0 Å². The van der Waals surface area contributed by atoms with Gasteiger partial charge in [-0.15, -0.1) is 0 Å². The van der Waals surface area contributed by atoms with Gasteiger partial charge in [0.25, 0.3) is 0 Å². The van der Waals surface area contributed by atoms with Crippen LogP contribution in [0.1, 0.15) is 12.5 Å². The van der Waals surface area contributed by atoms with Crippen LogP contribution in [0.15, 0.2) is 146 Å². The highest BCUT2D eigenvalue weighted by Gasteiger charge is 2.12. The Morgan fingerprint density at radius 2 is 1.08 bits per heavy atom. The third kappa shape index (κ3) is 3.81. The van der Waals surface area contributed by atoms with E-state index in [2.05, 4.69) is 162 Å². The van der Waals surface area contributed by atoms with E-state index < -0.39 is 0 Å². The molecule has 0 unspecified atom stereocenters. The number of para-hydroxylation sites is 4. The molecule has 0 fully saturated rings. The average molecular weight is 501 g/mol. The maximum absolute atomic E-state index is 4.42. The number of nitrogens with zero attached hydrogens (tertiary/aromatic N) is 2. The SMILES string of the molecule is C=C(/C=C\C=C(/C)c1cccc(-n2c3ccccc3c3ccccc32)c1)n1c2ccccc2c2ccccc21. The molecule has 7 rings (SSSR count). The summed E-state index contributed by atoms with van der Waals surface area (Å²) in [5.41, 5.74) is 9.29. The molecule has 0 aliphatic carbocycles. The molecule has 39 heavy (non-hydrogen) atoms. The van der Waals surface area contributed by atoms with E-state index in [1.807, 2.05) is 0 Å². The molecular weight excluding hydrogens is 472 g/mol. The van der Waals surface area contributed by atoms with Gasteiger partial charge in [-0.1, -0.05) is 104 Å². The first-order chi connectivity index (χ1) is 19.2. The summed E-state index contributed by atoms with van der Waals surface area (Å²) in [7, 11) is 0. The van der Waals surface area contributed by atoms with Crippen LogP contribution in [0.5, 0.6) is 0 Å². The smallest absolute Gasteiger partial charge is 0.0541 e. The molecule has 2 heterocycles. The lowest BCUT2D eigenvalue weighted by molar-refractivity contribution is 1.18. The molecule has 0 aliphatic rings. The zero-order valence-corrected chi connectivity index (χ0v) is 21.9. The van der Waals surface area contributed by atoms with Crippen molar-refractivity contribution in [2.24, 2.45) is 0 Å². The maximum Gasteiger partial charge on any atom is 0.0541 e. The monoisotopic (exact) mass is 500 g/mol. The van der Waals surface area contributed by atoms with Gasteiger partial charge >= 0.3 is 0 Å². The molecule has 0 N–H and O–H groups in total. The molecule has 5 aromatic carbocycles. The summed E-state index contributed by atoms with van der Waals surface area (Å²) in [6, 6.07) is 43.1. The van der Waals surface area contributed by atoms with Crippen molar-refractivity contribution in [3.05, 3.63) is 152 Å². The number of benzene rings is 5. The molecule has 186 valence electrons. The van der Waals surface area contributed by atoms with E-state index in [1.165, 1.54) is 54.7 Å². The van der Waals surface area contributed by atoms with Gasteiger partial charge in [0, 0.05) is 32.9 Å². The summed E-state index contributed by atoms with van der Waals surface area (Å²) >= 11 is 0. The molecule has 2 heteroatoms. The maximum atomic E-state index is 4.42. The van der Waals surface area contributed by atoms with Gasteiger partial charge in [-0.3, -0.25) is 0 Å². The van der Waals surface area contributed by atoms with Gasteiger partial charge in [-0.05, 0) is 60.5 Å². The van der Waals surface area contributed by atoms with Crippen molar-refractivity contribution in [3.63, 3.8) is 0 Å². The van der Waals surface area contributed by atoms with Crippen LogP contribution in [0.3, 0.4) is 0 Å². The van der Waals surface area contributed by atoms with E-state index in [0.717, 1.165) is 11.4 Å². The Bertz CT molecular complexity index is 1990. The molecule has 0 radical (unpaired) electrons. The number of rotatable bonds is 5. The minimum Gasteiger partial charge on any atom is -0.310 e. The van der Waals surface area contributed by atoms with Crippen molar-refractivity contribution >= 4 is 54.9 Å². The minimum absolute atomic E-state index is 0.940. The lowest BCUT2D eigenvalue weighted by Gasteiger charge is -2.10. The molecule has 2 aromatic heterocycles. The highest BCUT2D eigenvalue weighted by atomic mass is 15.0. The fourth-order valence-corrected chi connectivity index (χ4v) is 5.80. The number of aromatic nitrogens is 2. The van der Waals surface area contributed by atoms with Crippen LogP contribution in [0.25, 0.3) is 60.6 Å². The van der Waals surface area contributed by atoms with Crippen molar-refractivity contribution in [1.29, 1.82) is 0 Å². The Morgan fingerprint density at radius 3 is 1.64 bits per heavy atom. The van der Waals surface area contributed by atoms with Crippen LogP contribution in [0.2, 0.25) is 0 Å². The van der Waals surface area contributed by atoms with Crippen LogP contribution in [-0.4, -0.2) is 9.13 Å². The summed E-state index contributed by atoms with van der Waals surface area (Å²) in [5.74, 6) is 0. The molecular formula is C37H28N2. The molecule has 0 atom stereocenters. The summed E-state index contributed by atoms with van der Waals surface area (Å²) < 4.78 is 4.61. The summed E-state index contributed by atoms with van der Waals surface area (Å²) in [4.78, 5) is 0. The Labute approximate surface area is 228 Å². The van der Waals surface area contributed by atoms with Gasteiger partial charge in [-0.2, -0.15) is 0 Å². The van der Waals surface area contributed by atoms with Gasteiger partial charge in [0.05, 0.1) is 22.1 Å². The molecule has 2 nitrogen and oxygen atoms in total. The van der Waals surface area contributed by atoms with Crippen molar-refractivity contribution < 1.29 is 0 Å². The lowest BCUT2D eigenvalue weighted by Crippen LogP contribution is -1.94. The number of hydrogen-bond acceptors (Lipinski definition) is 0. The topological polar surface area (TPSA) is 9.86 Å². The fraction of sp³-hybridized carbons (Fsp3) is 0.0270. The molecule has 7 aromatic rings. The number of allylic oxidation sites excluding steroid dienone is 5. The Morgan fingerprint density at radius 1 is 0.590 bits per heavy atom. The predicted molar refractivity (Wildman–Crippen MR) is 168 cm³/mol. The Balaban J connectivity index is 1.24. The zero-order chi connectivity index (χ0) is 26.3. The van der Waals surface area contributed by atoms with Crippen molar-refractivity contribution in [2.75, 3.05) is 0 Å². The molecule has 0 saturated heterocycles. The Kier molecular flexibility index (Phi) is 5.53. The second-order valence-electron chi connectivity index (χ2n) is 9.99. The van der Waals surface area contributed by atoms with Crippen molar-refractivity contribution in [1.82, 2.24) is 9.13 Å². The number of fused-ring (bicyclic) bond motifs is 6. The van der Waals surface area contributed by atoms with Gasteiger partial charge in [0.1, 0.15) is 0 Å². The standard InChI is InChI=1S/C37H28N2/c1-26(13-11-14-27(2)38-34-21-7-3-17-30(34)31-18-4-8-22-35(31)38)28-15-12-16-29(25-28)39-36-23-9-5-19-32(36)33-20-6-10-24-37(33)39/h3-25H,2H2,1H3/b14-11-,26-13+. The zero-order valence-electron chi connectivity index (χ0n) is 21.9. The Hall–Kier alpha value is -5.08. The van der Waals surface area contributed by atoms with E-state index in [4.69, 9.17) is 0 Å². The summed E-state index contributed by atoms with van der Waals surface area (Å²) in [5, 5.41) is 5.04. The minimum atomic E-state index is 0.940. The van der Waals surface area contributed by atoms with Gasteiger partial charge in [0.15, 0.2) is 0 Å². The second kappa shape index (κ2) is 9.34. The first kappa shape index (κ1) is 23.1. The second-order valence-corrected chi connectivity index (χ2v) is 9.99. The van der Waals surface area contributed by atoms with Crippen molar-refractivity contribution in [2.45, 2.75) is 6.92 Å². The third-order valence-electron chi connectivity index (χ3n) is 7.64. The highest BCUT2D eigenvalue weighted by Crippen LogP contribution is 2.33. The van der Waals surface area contributed by atoms with E-state index in [9.17, 15) is 0 Å². The summed E-state index contributed by atoms with van der Waals surface area (Å²) in [6.07, 6.45) is 6.37. The predicted octanol–water partition coefficient (Wildman–Crippen LogP) is 10.0. The normalized spacial score (nSPS) is 12.4. The van der Waals surface area contributed by atoms with Crippen LogP contribution in [-0.2, 0) is 0 Å². The third-order valence-corrected chi connectivity index (χ3v) is 7.64. The van der Waals surface area contributed by atoms with Crippen LogP contribution < -0.4 is 0 Å². The number of hydrogen-bond donors (Lipinski definition) is 0. The molecule has 0 aliphatic heterocycles. The van der Waals surface area contributed by atoms with Crippen LogP contribution >= 0.6 is 0 Å². The fourth-order valence-electron chi connectivity index (χ4n) is 5.80. The van der Waals surface area contributed by atoms with Gasteiger partial charge in [-0.25, -0.2) is 0 Å². The quantitative estimate of drug-likeness (QED) is 0.208. The first-order valence-corrected chi connectivity index (χ1v) is 13.3. The van der Waals surface area contributed by atoms with E-state index in [-0.39, 0.29) is 0 Å². The van der Waals surface area contributed by atoms with Crippen molar-refractivity contribution in [3.8, 4) is 5.69 Å². The molecule has 0 saturated carbocycles. The van der Waals surface area contributed by atoms with Crippen LogP contribution in [0, 0.1) is 0 Å². The highest BCUT2D eigenvalue weighted by molar-refractivity contribution is 6.10. The van der Waals surface area contributed by atoms with E-state index in [0.29, 0.717) is 0 Å². The molecule has 0 bridgehead atoms. The van der Waals surface area contributed by atoms with Gasteiger partial charge in [0.2, 0.25) is 0 Å². The average Bonchev–Trinajstić information content (AvgIpc) is 3.50. The summed E-state index contributed by atoms with van der Waals surface area (Å²) in [6.45, 7) is 6.58. The van der Waals surface area contributed by atoms with E-state index in [1.54, 1.807) is 0 Å². The molecule has 0 amide bonds. The molecule has 0 spiro atoms. The van der Waals surface area contributed by atoms with Crippen LogP contribution in [0.4, 0.5) is 0 Å². The first-order valence-electron chi connectivity index (χ1n) is 13.3. The lowest BCUT2D eigenvalue weighted by atomic mass is 10.1. The van der Waals surface area contributed by atoms with Gasteiger partial charge < -0.3 is 9.13 Å².